The Labute approximate surface area is 309 Å². The summed E-state index contributed by atoms with van der Waals surface area (Å²) in [5.74, 6) is 3.59. The molecule has 3 aromatic heterocycles. The molecule has 1 saturated heterocycles. The molecular weight excluding hydrogens is 702 g/mol. The van der Waals surface area contributed by atoms with Gasteiger partial charge in [0.2, 0.25) is 16.0 Å². The van der Waals surface area contributed by atoms with Gasteiger partial charge < -0.3 is 19.7 Å². The van der Waals surface area contributed by atoms with Crippen molar-refractivity contribution in [3.63, 3.8) is 0 Å². The van der Waals surface area contributed by atoms with Gasteiger partial charge in [-0.3, -0.25) is 4.90 Å². The van der Waals surface area contributed by atoms with Gasteiger partial charge in [0.25, 0.3) is 0 Å². The molecular formula is C37H42ClN9O4S. The third-order valence-corrected chi connectivity index (χ3v) is 10.5. The van der Waals surface area contributed by atoms with E-state index in [-0.39, 0.29) is 6.04 Å². The monoisotopic (exact) mass is 743 g/mol. The Kier molecular flexibility index (Phi) is 11.5. The summed E-state index contributed by atoms with van der Waals surface area (Å²) < 4.78 is 36.6. The van der Waals surface area contributed by atoms with Gasteiger partial charge in [0.15, 0.2) is 5.82 Å². The number of aromatic nitrogens is 5. The molecule has 1 atom stereocenters. The molecule has 1 N–H and O–H groups in total. The summed E-state index contributed by atoms with van der Waals surface area (Å²) in [6.07, 6.45) is 4.73. The minimum absolute atomic E-state index is 0.0525. The second-order valence-electron chi connectivity index (χ2n) is 12.6. The SMILES string of the molecule is COc1ccc(CN(Cc2ccc(OC)cc2)c2nc(C)nc(-c3cc(C(C)N4CCN(S(C)(=O)=O)CC4)cnc3Nc3ccc(Cl)nc3)n2)cc1. The second-order valence-corrected chi connectivity index (χ2v) is 15.0. The Morgan fingerprint density at radius 1 is 0.846 bits per heavy atom. The molecule has 272 valence electrons. The zero-order valence-corrected chi connectivity index (χ0v) is 31.4. The second kappa shape index (κ2) is 16.2. The zero-order valence-electron chi connectivity index (χ0n) is 29.8. The third-order valence-electron chi connectivity index (χ3n) is 9.00. The first-order valence-electron chi connectivity index (χ1n) is 16.8. The van der Waals surface area contributed by atoms with Crippen LogP contribution in [0.25, 0.3) is 11.4 Å². The van der Waals surface area contributed by atoms with Crippen LogP contribution in [0.4, 0.5) is 17.5 Å². The molecule has 0 radical (unpaired) electrons. The van der Waals surface area contributed by atoms with Crippen LogP contribution in [0.5, 0.6) is 11.5 Å². The maximum absolute atomic E-state index is 12.1. The van der Waals surface area contributed by atoms with Gasteiger partial charge in [-0.15, -0.1) is 0 Å². The molecule has 0 saturated carbocycles. The van der Waals surface area contributed by atoms with Crippen LogP contribution in [0, 0.1) is 6.92 Å². The van der Waals surface area contributed by atoms with Crippen LogP contribution < -0.4 is 19.7 Å². The molecule has 4 heterocycles. The molecule has 6 rings (SSSR count). The minimum Gasteiger partial charge on any atom is -0.497 e. The number of benzene rings is 2. The first-order valence-corrected chi connectivity index (χ1v) is 19.0. The summed E-state index contributed by atoms with van der Waals surface area (Å²) in [4.78, 5) is 28.2. The van der Waals surface area contributed by atoms with E-state index in [1.807, 2.05) is 73.8 Å². The molecule has 1 aliphatic rings. The van der Waals surface area contributed by atoms with E-state index in [0.29, 0.717) is 79.1 Å². The Morgan fingerprint density at radius 3 is 2.00 bits per heavy atom. The van der Waals surface area contributed by atoms with Crippen LogP contribution in [0.1, 0.15) is 35.5 Å². The number of aryl methyl sites for hydroxylation is 1. The quantitative estimate of drug-likeness (QED) is 0.144. The molecule has 52 heavy (non-hydrogen) atoms. The van der Waals surface area contributed by atoms with Crippen LogP contribution in [-0.2, 0) is 23.1 Å². The molecule has 1 fully saturated rings. The summed E-state index contributed by atoms with van der Waals surface area (Å²) in [7, 11) is 0.0508. The summed E-state index contributed by atoms with van der Waals surface area (Å²) in [6.45, 7) is 7.06. The molecule has 13 nitrogen and oxygen atoms in total. The van der Waals surface area contributed by atoms with Crippen molar-refractivity contribution in [2.75, 3.05) is 56.9 Å². The molecule has 0 bridgehead atoms. The Hall–Kier alpha value is -4.89. The van der Waals surface area contributed by atoms with Gasteiger partial charge in [-0.05, 0) is 73.0 Å². The number of nitrogens with one attached hydrogen (secondary N) is 1. The lowest BCUT2D eigenvalue weighted by Crippen LogP contribution is -2.48. The van der Waals surface area contributed by atoms with E-state index >= 15 is 0 Å². The average molecular weight is 744 g/mol. The number of pyridine rings is 2. The fourth-order valence-corrected chi connectivity index (χ4v) is 6.97. The summed E-state index contributed by atoms with van der Waals surface area (Å²) in [6, 6.07) is 21.4. The molecule has 5 aromatic rings. The van der Waals surface area contributed by atoms with Crippen molar-refractivity contribution >= 4 is 39.1 Å². The minimum atomic E-state index is -3.25. The Morgan fingerprint density at radius 2 is 1.46 bits per heavy atom. The van der Waals surface area contributed by atoms with Gasteiger partial charge in [-0.25, -0.2) is 23.4 Å². The van der Waals surface area contributed by atoms with Crippen LogP contribution in [0.15, 0.2) is 79.1 Å². The van der Waals surface area contributed by atoms with Gasteiger partial charge in [0.05, 0.1) is 37.9 Å². The lowest BCUT2D eigenvalue weighted by Gasteiger charge is -2.37. The largest absolute Gasteiger partial charge is 0.497 e. The van der Waals surface area contributed by atoms with Gasteiger partial charge in [0.1, 0.15) is 28.3 Å². The Bertz CT molecular complexity index is 2030. The van der Waals surface area contributed by atoms with Crippen molar-refractivity contribution in [1.29, 1.82) is 0 Å². The highest BCUT2D eigenvalue weighted by Crippen LogP contribution is 2.33. The highest BCUT2D eigenvalue weighted by Gasteiger charge is 2.28. The topological polar surface area (TPSA) is 139 Å². The summed E-state index contributed by atoms with van der Waals surface area (Å²) >= 11 is 6.08. The van der Waals surface area contributed by atoms with Crippen LogP contribution in [-0.4, -0.2) is 89.2 Å². The van der Waals surface area contributed by atoms with Crippen LogP contribution >= 0.6 is 11.6 Å². The van der Waals surface area contributed by atoms with Crippen molar-refractivity contribution < 1.29 is 17.9 Å². The molecule has 0 spiro atoms. The number of halogens is 1. The van der Waals surface area contributed by atoms with Gasteiger partial charge >= 0.3 is 0 Å². The highest BCUT2D eigenvalue weighted by atomic mass is 35.5. The van der Waals surface area contributed by atoms with Crippen molar-refractivity contribution in [2.45, 2.75) is 33.0 Å². The lowest BCUT2D eigenvalue weighted by atomic mass is 10.1. The van der Waals surface area contributed by atoms with Crippen molar-refractivity contribution in [2.24, 2.45) is 0 Å². The normalized spacial score (nSPS) is 14.5. The van der Waals surface area contributed by atoms with E-state index < -0.39 is 10.0 Å². The molecule has 15 heteroatoms. The molecule has 0 aliphatic carbocycles. The maximum atomic E-state index is 12.1. The number of ether oxygens (including phenoxy) is 2. The lowest BCUT2D eigenvalue weighted by molar-refractivity contribution is 0.146. The number of nitrogens with zero attached hydrogens (tertiary/aromatic N) is 8. The molecule has 1 aliphatic heterocycles. The van der Waals surface area contributed by atoms with Crippen LogP contribution in [0.3, 0.4) is 0 Å². The highest BCUT2D eigenvalue weighted by molar-refractivity contribution is 7.88. The maximum Gasteiger partial charge on any atom is 0.229 e. The summed E-state index contributed by atoms with van der Waals surface area (Å²) in [5, 5.41) is 3.76. The van der Waals surface area contributed by atoms with Crippen molar-refractivity contribution in [3.05, 3.63) is 107 Å². The number of piperazine rings is 1. The fourth-order valence-electron chi connectivity index (χ4n) is 6.03. The van der Waals surface area contributed by atoms with E-state index in [4.69, 9.17) is 41.0 Å². The molecule has 2 aromatic carbocycles. The van der Waals surface area contributed by atoms with E-state index in [0.717, 1.165) is 28.2 Å². The number of rotatable bonds is 13. The number of hydrogen-bond donors (Lipinski definition) is 1. The number of methoxy groups -OCH3 is 2. The van der Waals surface area contributed by atoms with E-state index in [2.05, 4.69) is 27.0 Å². The summed E-state index contributed by atoms with van der Waals surface area (Å²) in [5.41, 5.74) is 4.42. The van der Waals surface area contributed by atoms with Gasteiger partial charge in [0, 0.05) is 51.5 Å². The smallest absolute Gasteiger partial charge is 0.229 e. The standard InChI is InChI=1S/C37H42ClN9O4S/c1-25(45-16-18-47(19-17-45)52(5,48)49)29-20-33(35(40-21-29)43-30-10-15-34(38)39-22-30)36-41-26(2)42-37(44-36)46(23-27-6-11-31(50-3)12-7-27)24-28-8-13-32(51-4)14-9-28/h6-15,20-22,25H,16-19,23-24H2,1-5H3,(H,40,43). The first kappa shape index (κ1) is 36.9. The zero-order chi connectivity index (χ0) is 36.8. The Balaban J connectivity index is 1.39. The first-order chi connectivity index (χ1) is 25.0. The molecule has 0 amide bonds. The number of hydrogen-bond acceptors (Lipinski definition) is 12. The van der Waals surface area contributed by atoms with Gasteiger partial charge in [-0.1, -0.05) is 35.9 Å². The number of anilines is 3. The predicted octanol–water partition coefficient (Wildman–Crippen LogP) is 5.90. The fraction of sp³-hybridized carbons (Fsp3) is 0.324. The van der Waals surface area contributed by atoms with Gasteiger partial charge in [-0.2, -0.15) is 14.3 Å². The van der Waals surface area contributed by atoms with E-state index in [1.54, 1.807) is 26.5 Å². The predicted molar refractivity (Wildman–Crippen MR) is 203 cm³/mol. The average Bonchev–Trinajstić information content (AvgIpc) is 3.15. The third kappa shape index (κ3) is 9.12. The molecule has 1 unspecified atom stereocenters. The van der Waals surface area contributed by atoms with E-state index in [9.17, 15) is 8.42 Å². The van der Waals surface area contributed by atoms with E-state index in [1.165, 1.54) is 10.6 Å². The van der Waals surface area contributed by atoms with Crippen molar-refractivity contribution in [1.82, 2.24) is 34.1 Å². The van der Waals surface area contributed by atoms with Crippen molar-refractivity contribution in [3.8, 4) is 22.9 Å². The number of sulfonamides is 1. The van der Waals surface area contributed by atoms with Crippen LogP contribution in [0.2, 0.25) is 5.15 Å².